The van der Waals surface area contributed by atoms with Gasteiger partial charge in [0.1, 0.15) is 11.6 Å². The van der Waals surface area contributed by atoms with Crippen LogP contribution < -0.4 is 15.8 Å². The summed E-state index contributed by atoms with van der Waals surface area (Å²) < 4.78 is 5.74. The van der Waals surface area contributed by atoms with E-state index < -0.39 is 0 Å². The average Bonchev–Trinajstić information content (AvgIpc) is 2.51. The van der Waals surface area contributed by atoms with Crippen LogP contribution in [0, 0.1) is 0 Å². The zero-order valence-corrected chi connectivity index (χ0v) is 12.6. The number of nitrogens with zero attached hydrogens (tertiary/aromatic N) is 1. The van der Waals surface area contributed by atoms with Crippen LogP contribution >= 0.6 is 11.6 Å². The second-order valence-corrected chi connectivity index (χ2v) is 5.61. The average molecular weight is 304 g/mol. The van der Waals surface area contributed by atoms with Gasteiger partial charge in [0.2, 0.25) is 0 Å². The van der Waals surface area contributed by atoms with E-state index in [1.807, 2.05) is 31.3 Å². The maximum atomic E-state index is 6.09. The molecule has 0 fully saturated rings. The summed E-state index contributed by atoms with van der Waals surface area (Å²) in [6.45, 7) is 0.702. The third-order valence-electron chi connectivity index (χ3n) is 3.97. The van der Waals surface area contributed by atoms with Gasteiger partial charge in [-0.05, 0) is 31.2 Å². The van der Waals surface area contributed by atoms with E-state index in [0.29, 0.717) is 17.4 Å². The van der Waals surface area contributed by atoms with Crippen LogP contribution in [-0.2, 0) is 0 Å². The summed E-state index contributed by atoms with van der Waals surface area (Å²) in [6, 6.07) is 10.1. The summed E-state index contributed by atoms with van der Waals surface area (Å²) in [4.78, 5) is 4.17. The number of nitrogens with one attached hydrogen (secondary N) is 1. The number of nitrogens with two attached hydrogens (primary N) is 1. The number of fused-ring (bicyclic) bond motifs is 1. The number of anilines is 1. The zero-order valence-electron chi connectivity index (χ0n) is 11.8. The molecule has 0 bridgehead atoms. The number of hydrogen-bond acceptors (Lipinski definition) is 4. The van der Waals surface area contributed by atoms with Gasteiger partial charge < -0.3 is 15.8 Å². The molecule has 5 heteroatoms. The number of pyridine rings is 1. The van der Waals surface area contributed by atoms with Gasteiger partial charge in [-0.1, -0.05) is 29.8 Å². The molecular formula is C16H18ClN3O. The first-order valence-corrected chi connectivity index (χ1v) is 7.38. The van der Waals surface area contributed by atoms with E-state index >= 15 is 0 Å². The van der Waals surface area contributed by atoms with Gasteiger partial charge in [-0.2, -0.15) is 0 Å². The van der Waals surface area contributed by atoms with E-state index in [1.54, 1.807) is 6.20 Å². The summed E-state index contributed by atoms with van der Waals surface area (Å²) in [5.74, 6) is 1.74. The van der Waals surface area contributed by atoms with Crippen LogP contribution in [0.1, 0.15) is 29.5 Å². The van der Waals surface area contributed by atoms with Gasteiger partial charge in [0, 0.05) is 23.7 Å². The number of rotatable bonds is 3. The van der Waals surface area contributed by atoms with Crippen LogP contribution in [0.25, 0.3) is 0 Å². The van der Waals surface area contributed by atoms with Crippen molar-refractivity contribution < 1.29 is 4.74 Å². The first-order chi connectivity index (χ1) is 10.2. The maximum absolute atomic E-state index is 6.09. The lowest BCUT2D eigenvalue weighted by Crippen LogP contribution is -2.29. The minimum atomic E-state index is 0.0567. The third kappa shape index (κ3) is 2.69. The maximum Gasteiger partial charge on any atom is 0.128 e. The van der Waals surface area contributed by atoms with Gasteiger partial charge in [-0.3, -0.25) is 0 Å². The monoisotopic (exact) mass is 303 g/mol. The summed E-state index contributed by atoms with van der Waals surface area (Å²) in [6.07, 6.45) is 2.50. The van der Waals surface area contributed by atoms with Crippen LogP contribution in [-0.4, -0.2) is 18.6 Å². The number of ether oxygens (including phenoxy) is 1. The van der Waals surface area contributed by atoms with Crippen molar-refractivity contribution in [1.29, 1.82) is 0 Å². The van der Waals surface area contributed by atoms with Crippen LogP contribution in [0.15, 0.2) is 36.5 Å². The molecule has 1 aromatic heterocycles. The van der Waals surface area contributed by atoms with Crippen molar-refractivity contribution in [3.05, 3.63) is 52.7 Å². The lowest BCUT2D eigenvalue weighted by Gasteiger charge is -2.32. The van der Waals surface area contributed by atoms with E-state index in [-0.39, 0.29) is 12.0 Å². The van der Waals surface area contributed by atoms with Gasteiger partial charge in [-0.15, -0.1) is 0 Å². The Morgan fingerprint density at radius 3 is 3.05 bits per heavy atom. The predicted molar refractivity (Wildman–Crippen MR) is 84.8 cm³/mol. The molecule has 0 spiro atoms. The van der Waals surface area contributed by atoms with E-state index in [2.05, 4.69) is 16.4 Å². The molecule has 2 atom stereocenters. The summed E-state index contributed by atoms with van der Waals surface area (Å²) >= 11 is 6.09. The second-order valence-electron chi connectivity index (χ2n) is 5.18. The Kier molecular flexibility index (Phi) is 3.99. The van der Waals surface area contributed by atoms with E-state index in [0.717, 1.165) is 17.7 Å². The normalized spacial score (nSPS) is 18.7. The molecule has 0 saturated carbocycles. The molecule has 3 rings (SSSR count). The number of benzene rings is 1. The molecule has 1 aromatic carbocycles. The first kappa shape index (κ1) is 14.2. The number of aromatic nitrogens is 1. The lowest BCUT2D eigenvalue weighted by atomic mass is 9.83. The minimum absolute atomic E-state index is 0.0567. The van der Waals surface area contributed by atoms with Crippen LogP contribution in [0.3, 0.4) is 0 Å². The fourth-order valence-corrected chi connectivity index (χ4v) is 3.17. The first-order valence-electron chi connectivity index (χ1n) is 7.00. The highest BCUT2D eigenvalue weighted by Crippen LogP contribution is 2.42. The standard InChI is InChI=1S/C16H18ClN3O/c1-19-15(13-8-10(17)9-20-16(13)18)12-6-7-21-14-5-3-2-4-11(12)14/h2-5,8-9,12,15,19H,6-7H2,1H3,(H2,18,20). The second kappa shape index (κ2) is 5.92. The van der Waals surface area contributed by atoms with Gasteiger partial charge in [0.15, 0.2) is 0 Å². The highest BCUT2D eigenvalue weighted by molar-refractivity contribution is 6.30. The number of likely N-dealkylation sites (N-methyl/N-ethyl adjacent to an activating group) is 1. The van der Waals surface area contributed by atoms with Crippen molar-refractivity contribution in [3.8, 4) is 5.75 Å². The third-order valence-corrected chi connectivity index (χ3v) is 4.18. The van der Waals surface area contributed by atoms with Crippen LogP contribution in [0.2, 0.25) is 5.02 Å². The van der Waals surface area contributed by atoms with Gasteiger partial charge >= 0.3 is 0 Å². The van der Waals surface area contributed by atoms with Crippen molar-refractivity contribution in [2.24, 2.45) is 0 Å². The molecule has 2 aromatic rings. The number of halogens is 1. The summed E-state index contributed by atoms with van der Waals surface area (Å²) in [5, 5.41) is 3.96. The van der Waals surface area contributed by atoms with E-state index in [1.165, 1.54) is 5.56 Å². The molecule has 0 saturated heterocycles. The molecule has 1 aliphatic heterocycles. The molecule has 0 radical (unpaired) electrons. The molecule has 0 aliphatic carbocycles. The van der Waals surface area contributed by atoms with Crippen molar-refractivity contribution in [2.75, 3.05) is 19.4 Å². The lowest BCUT2D eigenvalue weighted by molar-refractivity contribution is 0.248. The van der Waals surface area contributed by atoms with Gasteiger partial charge in [0.25, 0.3) is 0 Å². The van der Waals surface area contributed by atoms with Crippen molar-refractivity contribution in [3.63, 3.8) is 0 Å². The SMILES string of the molecule is CNC(c1cc(Cl)cnc1N)C1CCOc2ccccc21. The molecule has 4 nitrogen and oxygen atoms in total. The highest BCUT2D eigenvalue weighted by Gasteiger charge is 2.30. The summed E-state index contributed by atoms with van der Waals surface area (Å²) in [5.41, 5.74) is 8.19. The van der Waals surface area contributed by atoms with Crippen molar-refractivity contribution in [1.82, 2.24) is 10.3 Å². The van der Waals surface area contributed by atoms with Crippen LogP contribution in [0.5, 0.6) is 5.75 Å². The molecule has 0 amide bonds. The van der Waals surface area contributed by atoms with Crippen LogP contribution in [0.4, 0.5) is 5.82 Å². The molecule has 21 heavy (non-hydrogen) atoms. The molecule has 3 N–H and O–H groups in total. The number of para-hydroxylation sites is 1. The van der Waals surface area contributed by atoms with Crippen molar-refractivity contribution >= 4 is 17.4 Å². The Hall–Kier alpha value is -1.78. The fraction of sp³-hybridized carbons (Fsp3) is 0.312. The Morgan fingerprint density at radius 1 is 1.43 bits per heavy atom. The molecule has 1 aliphatic rings. The summed E-state index contributed by atoms with van der Waals surface area (Å²) in [7, 11) is 1.93. The Balaban J connectivity index is 2.03. The molecule has 2 heterocycles. The number of nitrogen functional groups attached to an aromatic ring is 1. The Bertz CT molecular complexity index is 647. The van der Waals surface area contributed by atoms with E-state index in [4.69, 9.17) is 22.1 Å². The topological polar surface area (TPSA) is 60.2 Å². The fourth-order valence-electron chi connectivity index (χ4n) is 3.00. The number of hydrogen-bond donors (Lipinski definition) is 2. The van der Waals surface area contributed by atoms with Gasteiger partial charge in [-0.25, -0.2) is 4.98 Å². The van der Waals surface area contributed by atoms with Gasteiger partial charge in [0.05, 0.1) is 11.6 Å². The molecular weight excluding hydrogens is 286 g/mol. The van der Waals surface area contributed by atoms with Crippen molar-refractivity contribution in [2.45, 2.75) is 18.4 Å². The largest absolute Gasteiger partial charge is 0.493 e. The molecule has 2 unspecified atom stereocenters. The molecule has 110 valence electrons. The van der Waals surface area contributed by atoms with E-state index in [9.17, 15) is 0 Å². The predicted octanol–water partition coefficient (Wildman–Crippen LogP) is 3.14. The Labute approximate surface area is 129 Å². The smallest absolute Gasteiger partial charge is 0.128 e. The highest BCUT2D eigenvalue weighted by atomic mass is 35.5. The quantitative estimate of drug-likeness (QED) is 0.914. The zero-order chi connectivity index (χ0) is 14.8. The minimum Gasteiger partial charge on any atom is -0.493 e. The Morgan fingerprint density at radius 2 is 2.24 bits per heavy atom.